The monoisotopic (exact) mass is 439 g/mol. The molecule has 1 amide bonds. The topological polar surface area (TPSA) is 102 Å². The lowest BCUT2D eigenvalue weighted by Gasteiger charge is -2.04. The van der Waals surface area contributed by atoms with Crippen molar-refractivity contribution < 1.29 is 17.6 Å². The molecule has 1 aromatic heterocycles. The van der Waals surface area contributed by atoms with Crippen molar-refractivity contribution in [3.05, 3.63) is 58.1 Å². The Labute approximate surface area is 171 Å². The normalized spacial score (nSPS) is 11.4. The summed E-state index contributed by atoms with van der Waals surface area (Å²) in [5.74, 6) is -0.802. The zero-order valence-electron chi connectivity index (χ0n) is 14.6. The average Bonchev–Trinajstić information content (AvgIpc) is 3.08. The fourth-order valence-corrected chi connectivity index (χ4v) is 4.05. The third kappa shape index (κ3) is 4.89. The van der Waals surface area contributed by atoms with Crippen LogP contribution in [-0.4, -0.2) is 30.3 Å². The quantitative estimate of drug-likeness (QED) is 0.618. The van der Waals surface area contributed by atoms with Gasteiger partial charge in [0.2, 0.25) is 5.91 Å². The number of amides is 1. The first-order valence-corrected chi connectivity index (χ1v) is 10.5. The molecule has 1 N–H and O–H groups in total. The van der Waals surface area contributed by atoms with Crippen molar-refractivity contribution in [2.24, 2.45) is 0 Å². The second-order valence-corrected chi connectivity index (χ2v) is 8.92. The van der Waals surface area contributed by atoms with Crippen molar-refractivity contribution in [1.82, 2.24) is 10.2 Å². The number of hydrogen-bond acceptors (Lipinski definition) is 6. The zero-order valence-corrected chi connectivity index (χ0v) is 17.0. The van der Waals surface area contributed by atoms with E-state index in [1.54, 1.807) is 24.3 Å². The van der Waals surface area contributed by atoms with Crippen LogP contribution < -0.4 is 5.32 Å². The second kappa shape index (κ2) is 8.30. The van der Waals surface area contributed by atoms with E-state index in [0.717, 1.165) is 5.56 Å². The van der Waals surface area contributed by atoms with Crippen LogP contribution in [0.25, 0.3) is 11.5 Å². The molecular formula is C18H15Cl2N3O4S. The summed E-state index contributed by atoms with van der Waals surface area (Å²) in [5.41, 5.74) is 1.41. The molecule has 0 atom stereocenters. The number of sulfone groups is 1. The molecule has 0 unspecified atom stereocenters. The molecule has 7 nitrogen and oxygen atoms in total. The number of anilines is 1. The highest BCUT2D eigenvalue weighted by Gasteiger charge is 2.18. The number of halogens is 2. The van der Waals surface area contributed by atoms with Crippen LogP contribution in [0.4, 0.5) is 6.01 Å². The van der Waals surface area contributed by atoms with Gasteiger partial charge in [-0.05, 0) is 37.3 Å². The van der Waals surface area contributed by atoms with Gasteiger partial charge in [-0.15, -0.1) is 5.10 Å². The number of nitrogens with zero attached hydrogens (tertiary/aromatic N) is 2. The SMILES string of the molecule is Cc1ccc(S(=O)(=O)CCC(=O)Nc2nnc(-c3ccc(Cl)cc3Cl)o2)cc1. The maximum atomic E-state index is 12.3. The maximum absolute atomic E-state index is 12.3. The fraction of sp³-hybridized carbons (Fsp3) is 0.167. The van der Waals surface area contributed by atoms with E-state index in [0.29, 0.717) is 15.6 Å². The minimum Gasteiger partial charge on any atom is -0.403 e. The zero-order chi connectivity index (χ0) is 20.3. The van der Waals surface area contributed by atoms with Crippen LogP contribution >= 0.6 is 23.2 Å². The first-order valence-electron chi connectivity index (χ1n) is 8.13. The van der Waals surface area contributed by atoms with Gasteiger partial charge in [0, 0.05) is 11.4 Å². The number of rotatable bonds is 6. The summed E-state index contributed by atoms with van der Waals surface area (Å²) < 4.78 is 30.0. The highest BCUT2D eigenvalue weighted by Crippen LogP contribution is 2.30. The first kappa shape index (κ1) is 20.3. The molecule has 1 heterocycles. The molecule has 2 aromatic carbocycles. The lowest BCUT2D eigenvalue weighted by atomic mass is 10.2. The van der Waals surface area contributed by atoms with Gasteiger partial charge >= 0.3 is 6.01 Å². The molecule has 0 aliphatic carbocycles. The molecule has 3 rings (SSSR count). The summed E-state index contributed by atoms with van der Waals surface area (Å²) in [7, 11) is -3.57. The molecule has 0 aliphatic rings. The number of hydrogen-bond donors (Lipinski definition) is 1. The maximum Gasteiger partial charge on any atom is 0.322 e. The van der Waals surface area contributed by atoms with Crippen LogP contribution in [0.5, 0.6) is 0 Å². The molecule has 0 bridgehead atoms. The van der Waals surface area contributed by atoms with Gasteiger partial charge in [-0.1, -0.05) is 46.0 Å². The number of aromatic nitrogens is 2. The van der Waals surface area contributed by atoms with E-state index in [-0.39, 0.29) is 29.0 Å². The summed E-state index contributed by atoms with van der Waals surface area (Å²) in [6, 6.07) is 11.0. The molecule has 0 fully saturated rings. The Balaban J connectivity index is 1.62. The molecule has 146 valence electrons. The average molecular weight is 440 g/mol. The summed E-state index contributed by atoms with van der Waals surface area (Å²) in [6.07, 6.45) is -0.254. The molecule has 28 heavy (non-hydrogen) atoms. The van der Waals surface area contributed by atoms with Gasteiger partial charge in [0.25, 0.3) is 5.89 Å². The summed E-state index contributed by atoms with van der Waals surface area (Å²) >= 11 is 11.9. The third-order valence-electron chi connectivity index (χ3n) is 3.81. The fourth-order valence-electron chi connectivity index (χ4n) is 2.32. The number of carbonyl (C=O) groups is 1. The summed E-state index contributed by atoms with van der Waals surface area (Å²) in [6.45, 7) is 1.86. The van der Waals surface area contributed by atoms with E-state index in [2.05, 4.69) is 15.5 Å². The van der Waals surface area contributed by atoms with E-state index >= 15 is 0 Å². The van der Waals surface area contributed by atoms with E-state index in [9.17, 15) is 13.2 Å². The largest absolute Gasteiger partial charge is 0.403 e. The van der Waals surface area contributed by atoms with Gasteiger partial charge in [0.05, 0.1) is 21.2 Å². The molecule has 0 saturated heterocycles. The van der Waals surface area contributed by atoms with Gasteiger partial charge in [0.1, 0.15) is 0 Å². The first-order chi connectivity index (χ1) is 13.2. The number of nitrogens with one attached hydrogen (secondary N) is 1. The van der Waals surface area contributed by atoms with Crippen molar-refractivity contribution in [1.29, 1.82) is 0 Å². The van der Waals surface area contributed by atoms with E-state index < -0.39 is 15.7 Å². The van der Waals surface area contributed by atoms with Gasteiger partial charge in [-0.25, -0.2) is 8.42 Å². The Bertz CT molecular complexity index is 1110. The highest BCUT2D eigenvalue weighted by molar-refractivity contribution is 7.91. The second-order valence-electron chi connectivity index (χ2n) is 5.97. The van der Waals surface area contributed by atoms with Gasteiger partial charge in [0.15, 0.2) is 9.84 Å². The van der Waals surface area contributed by atoms with Gasteiger partial charge in [-0.3, -0.25) is 10.1 Å². The number of aryl methyl sites for hydroxylation is 1. The lowest BCUT2D eigenvalue weighted by molar-refractivity contribution is -0.115. The predicted octanol–water partition coefficient (Wildman–Crippen LogP) is 4.15. The highest BCUT2D eigenvalue weighted by atomic mass is 35.5. The molecule has 0 radical (unpaired) electrons. The Kier molecular flexibility index (Phi) is 6.02. The third-order valence-corrected chi connectivity index (χ3v) is 6.09. The van der Waals surface area contributed by atoms with Crippen LogP contribution in [0.3, 0.4) is 0 Å². The smallest absolute Gasteiger partial charge is 0.322 e. The van der Waals surface area contributed by atoms with Crippen molar-refractivity contribution >= 4 is 45.0 Å². The van der Waals surface area contributed by atoms with Crippen LogP contribution in [-0.2, 0) is 14.6 Å². The molecule has 3 aromatic rings. The van der Waals surface area contributed by atoms with E-state index in [4.69, 9.17) is 27.6 Å². The van der Waals surface area contributed by atoms with Gasteiger partial charge in [-0.2, -0.15) is 0 Å². The van der Waals surface area contributed by atoms with Crippen LogP contribution in [0.15, 0.2) is 51.8 Å². The lowest BCUT2D eigenvalue weighted by Crippen LogP contribution is -2.17. The minimum atomic E-state index is -3.57. The molecule has 0 saturated carbocycles. The van der Waals surface area contributed by atoms with E-state index in [1.165, 1.54) is 18.2 Å². The van der Waals surface area contributed by atoms with Crippen molar-refractivity contribution in [3.63, 3.8) is 0 Å². The summed E-state index contributed by atoms with van der Waals surface area (Å²) in [5, 5.41) is 10.7. The van der Waals surface area contributed by atoms with Crippen LogP contribution in [0.2, 0.25) is 10.0 Å². The Morgan fingerprint density at radius 3 is 2.50 bits per heavy atom. The standard InChI is InChI=1S/C18H15Cl2N3O4S/c1-11-2-5-13(6-3-11)28(25,26)9-8-16(24)21-18-23-22-17(27-18)14-7-4-12(19)10-15(14)20/h2-7,10H,8-9H2,1H3,(H,21,23,24). The number of benzene rings is 2. The van der Waals surface area contributed by atoms with E-state index in [1.807, 2.05) is 6.92 Å². The summed E-state index contributed by atoms with van der Waals surface area (Å²) in [4.78, 5) is 12.2. The molecule has 0 spiro atoms. The predicted molar refractivity (Wildman–Crippen MR) is 106 cm³/mol. The van der Waals surface area contributed by atoms with Crippen LogP contribution in [0, 0.1) is 6.92 Å². The Morgan fingerprint density at radius 1 is 1.11 bits per heavy atom. The van der Waals surface area contributed by atoms with Crippen molar-refractivity contribution in [2.75, 3.05) is 11.1 Å². The van der Waals surface area contributed by atoms with Crippen molar-refractivity contribution in [3.8, 4) is 11.5 Å². The minimum absolute atomic E-state index is 0.101. The van der Waals surface area contributed by atoms with Crippen LogP contribution in [0.1, 0.15) is 12.0 Å². The molecular weight excluding hydrogens is 425 g/mol. The number of carbonyl (C=O) groups excluding carboxylic acids is 1. The molecule has 0 aliphatic heterocycles. The van der Waals surface area contributed by atoms with Gasteiger partial charge < -0.3 is 4.42 Å². The molecule has 10 heteroatoms. The Morgan fingerprint density at radius 2 is 1.82 bits per heavy atom. The Hall–Kier alpha value is -2.42. The van der Waals surface area contributed by atoms with Crippen molar-refractivity contribution in [2.45, 2.75) is 18.2 Å².